The van der Waals surface area contributed by atoms with Gasteiger partial charge in [-0.2, -0.15) is 0 Å². The van der Waals surface area contributed by atoms with Crippen LogP contribution in [0.15, 0.2) is 43.8 Å². The van der Waals surface area contributed by atoms with Crippen molar-refractivity contribution in [3.8, 4) is 0 Å². The standard InChI is InChI=1S/C12H12N4S2/c13-5-1-9-10(2-6(5)14)18-12-4-8(16)7(15)3-11(12)17-9/h1-4H,13-16H2. The summed E-state index contributed by atoms with van der Waals surface area (Å²) in [5.41, 5.74) is 25.7. The number of hydrogen-bond donors (Lipinski definition) is 4. The van der Waals surface area contributed by atoms with Crippen LogP contribution in [0, 0.1) is 0 Å². The average molecular weight is 276 g/mol. The summed E-state index contributed by atoms with van der Waals surface area (Å²) in [6, 6.07) is 7.60. The molecule has 3 rings (SSSR count). The predicted octanol–water partition coefficient (Wildman–Crippen LogP) is 2.63. The van der Waals surface area contributed by atoms with E-state index in [1.165, 1.54) is 0 Å². The second kappa shape index (κ2) is 3.93. The van der Waals surface area contributed by atoms with Crippen LogP contribution in [0.2, 0.25) is 0 Å². The zero-order valence-corrected chi connectivity index (χ0v) is 11.1. The molecule has 0 aromatic heterocycles. The molecule has 1 aliphatic rings. The zero-order valence-electron chi connectivity index (χ0n) is 9.44. The van der Waals surface area contributed by atoms with Crippen molar-refractivity contribution in [3.63, 3.8) is 0 Å². The molecular weight excluding hydrogens is 264 g/mol. The highest BCUT2D eigenvalue weighted by atomic mass is 32.2. The molecule has 2 aromatic carbocycles. The van der Waals surface area contributed by atoms with Gasteiger partial charge in [0.15, 0.2) is 0 Å². The lowest BCUT2D eigenvalue weighted by Gasteiger charge is -2.20. The SMILES string of the molecule is Nc1cc2c(cc1N)Sc1cc(N)c(N)cc1S2. The van der Waals surface area contributed by atoms with Crippen molar-refractivity contribution >= 4 is 46.3 Å². The van der Waals surface area contributed by atoms with E-state index in [0.717, 1.165) is 19.6 Å². The fourth-order valence-electron chi connectivity index (χ4n) is 1.74. The van der Waals surface area contributed by atoms with Crippen molar-refractivity contribution in [3.05, 3.63) is 24.3 Å². The van der Waals surface area contributed by atoms with Gasteiger partial charge in [-0.15, -0.1) is 0 Å². The van der Waals surface area contributed by atoms with Gasteiger partial charge in [0.05, 0.1) is 22.7 Å². The molecule has 1 aliphatic heterocycles. The predicted molar refractivity (Wildman–Crippen MR) is 78.8 cm³/mol. The van der Waals surface area contributed by atoms with E-state index >= 15 is 0 Å². The third-order valence-electron chi connectivity index (χ3n) is 2.74. The second-order valence-electron chi connectivity index (χ2n) is 4.06. The number of nitrogen functional groups attached to an aromatic ring is 4. The summed E-state index contributed by atoms with van der Waals surface area (Å²) in [5, 5.41) is 0. The van der Waals surface area contributed by atoms with E-state index in [1.54, 1.807) is 23.5 Å². The molecule has 2 aromatic rings. The molecule has 0 saturated carbocycles. The lowest BCUT2D eigenvalue weighted by atomic mass is 10.3. The Morgan fingerprint density at radius 3 is 0.944 bits per heavy atom. The van der Waals surface area contributed by atoms with Gasteiger partial charge in [-0.05, 0) is 24.3 Å². The molecule has 0 unspecified atom stereocenters. The van der Waals surface area contributed by atoms with Crippen LogP contribution in [0.3, 0.4) is 0 Å². The minimum absolute atomic E-state index is 0.605. The number of nitrogens with two attached hydrogens (primary N) is 4. The quantitative estimate of drug-likeness (QED) is 0.471. The van der Waals surface area contributed by atoms with Crippen LogP contribution in [-0.2, 0) is 0 Å². The Morgan fingerprint density at radius 1 is 0.500 bits per heavy atom. The van der Waals surface area contributed by atoms with Crippen molar-refractivity contribution in [2.45, 2.75) is 19.6 Å². The maximum Gasteiger partial charge on any atom is 0.0559 e. The largest absolute Gasteiger partial charge is 0.397 e. The Hall–Kier alpha value is -1.66. The molecule has 0 saturated heterocycles. The molecular formula is C12H12N4S2. The van der Waals surface area contributed by atoms with Crippen LogP contribution in [0.4, 0.5) is 22.7 Å². The molecule has 92 valence electrons. The topological polar surface area (TPSA) is 104 Å². The van der Waals surface area contributed by atoms with E-state index < -0.39 is 0 Å². The van der Waals surface area contributed by atoms with E-state index in [4.69, 9.17) is 22.9 Å². The molecule has 4 nitrogen and oxygen atoms in total. The highest BCUT2D eigenvalue weighted by Gasteiger charge is 2.19. The third-order valence-corrected chi connectivity index (χ3v) is 5.23. The van der Waals surface area contributed by atoms with Crippen LogP contribution in [0.5, 0.6) is 0 Å². The molecule has 0 fully saturated rings. The van der Waals surface area contributed by atoms with Crippen molar-refractivity contribution in [1.29, 1.82) is 0 Å². The molecule has 0 aliphatic carbocycles. The Bertz CT molecular complexity index is 544. The van der Waals surface area contributed by atoms with Crippen molar-refractivity contribution < 1.29 is 0 Å². The molecule has 18 heavy (non-hydrogen) atoms. The summed E-state index contributed by atoms with van der Waals surface area (Å²) in [7, 11) is 0. The smallest absolute Gasteiger partial charge is 0.0559 e. The first kappa shape index (κ1) is 11.4. The molecule has 8 N–H and O–H groups in total. The summed E-state index contributed by atoms with van der Waals surface area (Å²) in [6.45, 7) is 0. The summed E-state index contributed by atoms with van der Waals surface area (Å²) in [4.78, 5) is 4.40. The lowest BCUT2D eigenvalue weighted by molar-refractivity contribution is 1.16. The Morgan fingerprint density at radius 2 is 0.722 bits per heavy atom. The van der Waals surface area contributed by atoms with Crippen LogP contribution in [-0.4, -0.2) is 0 Å². The Kier molecular flexibility index (Phi) is 2.49. The van der Waals surface area contributed by atoms with Crippen molar-refractivity contribution in [2.75, 3.05) is 22.9 Å². The summed E-state index contributed by atoms with van der Waals surface area (Å²) in [6.07, 6.45) is 0. The molecule has 0 amide bonds. The van der Waals surface area contributed by atoms with Gasteiger partial charge in [0, 0.05) is 19.6 Å². The fourth-order valence-corrected chi connectivity index (χ4v) is 4.09. The van der Waals surface area contributed by atoms with E-state index in [0.29, 0.717) is 22.7 Å². The normalized spacial score (nSPS) is 12.9. The average Bonchev–Trinajstić information content (AvgIpc) is 2.31. The maximum absolute atomic E-state index is 5.83. The highest BCUT2D eigenvalue weighted by molar-refractivity contribution is 8.05. The minimum Gasteiger partial charge on any atom is -0.397 e. The van der Waals surface area contributed by atoms with Crippen LogP contribution < -0.4 is 22.9 Å². The molecule has 0 spiro atoms. The first-order valence-electron chi connectivity index (χ1n) is 5.28. The van der Waals surface area contributed by atoms with Gasteiger partial charge >= 0.3 is 0 Å². The van der Waals surface area contributed by atoms with E-state index in [1.807, 2.05) is 24.3 Å². The molecule has 0 radical (unpaired) electrons. The number of hydrogen-bond acceptors (Lipinski definition) is 6. The van der Waals surface area contributed by atoms with Gasteiger partial charge < -0.3 is 22.9 Å². The van der Waals surface area contributed by atoms with Gasteiger partial charge in [-0.1, -0.05) is 23.5 Å². The number of rotatable bonds is 0. The van der Waals surface area contributed by atoms with Crippen molar-refractivity contribution in [2.24, 2.45) is 0 Å². The van der Waals surface area contributed by atoms with Crippen LogP contribution >= 0.6 is 23.5 Å². The van der Waals surface area contributed by atoms with Gasteiger partial charge in [0.1, 0.15) is 0 Å². The fraction of sp³-hybridized carbons (Fsp3) is 0. The summed E-state index contributed by atoms with van der Waals surface area (Å²) >= 11 is 3.27. The number of benzene rings is 2. The minimum atomic E-state index is 0.605. The zero-order chi connectivity index (χ0) is 12.9. The Balaban J connectivity index is 2.12. The summed E-state index contributed by atoms with van der Waals surface area (Å²) < 4.78 is 0. The van der Waals surface area contributed by atoms with E-state index in [9.17, 15) is 0 Å². The third kappa shape index (κ3) is 1.74. The molecule has 6 heteroatoms. The molecule has 0 atom stereocenters. The lowest BCUT2D eigenvalue weighted by Crippen LogP contribution is -2.00. The summed E-state index contributed by atoms with van der Waals surface area (Å²) in [5.74, 6) is 0. The highest BCUT2D eigenvalue weighted by Crippen LogP contribution is 2.51. The van der Waals surface area contributed by atoms with Crippen LogP contribution in [0.1, 0.15) is 0 Å². The van der Waals surface area contributed by atoms with Gasteiger partial charge in [-0.3, -0.25) is 0 Å². The van der Waals surface area contributed by atoms with Crippen LogP contribution in [0.25, 0.3) is 0 Å². The van der Waals surface area contributed by atoms with Crippen molar-refractivity contribution in [1.82, 2.24) is 0 Å². The first-order chi connectivity index (χ1) is 8.54. The monoisotopic (exact) mass is 276 g/mol. The van der Waals surface area contributed by atoms with Gasteiger partial charge in [0.2, 0.25) is 0 Å². The number of fused-ring (bicyclic) bond motifs is 2. The maximum atomic E-state index is 5.83. The molecule has 1 heterocycles. The Labute approximate surface area is 113 Å². The first-order valence-corrected chi connectivity index (χ1v) is 6.91. The number of anilines is 4. The second-order valence-corrected chi connectivity index (χ2v) is 6.23. The van der Waals surface area contributed by atoms with Gasteiger partial charge in [0.25, 0.3) is 0 Å². The van der Waals surface area contributed by atoms with E-state index in [-0.39, 0.29) is 0 Å². The van der Waals surface area contributed by atoms with Gasteiger partial charge in [-0.25, -0.2) is 0 Å². The molecule has 0 bridgehead atoms. The van der Waals surface area contributed by atoms with E-state index in [2.05, 4.69) is 0 Å².